The van der Waals surface area contributed by atoms with Crippen LogP contribution in [0.5, 0.6) is 0 Å². The zero-order chi connectivity index (χ0) is 15.8. The number of amides is 1. The minimum Gasteiger partial charge on any atom is -0.481 e. The Kier molecular flexibility index (Phi) is 7.29. The zero-order valence-electron chi connectivity index (χ0n) is 12.8. The van der Waals surface area contributed by atoms with Crippen LogP contribution >= 0.6 is 11.8 Å². The topological polar surface area (TPSA) is 66.4 Å². The molecule has 0 aromatic heterocycles. The van der Waals surface area contributed by atoms with Crippen LogP contribution in [0.2, 0.25) is 0 Å². The molecule has 1 unspecified atom stereocenters. The number of anilines is 1. The lowest BCUT2D eigenvalue weighted by Gasteiger charge is -2.15. The van der Waals surface area contributed by atoms with Crippen molar-refractivity contribution in [3.05, 3.63) is 29.8 Å². The van der Waals surface area contributed by atoms with E-state index in [-0.39, 0.29) is 11.7 Å². The Balaban J connectivity index is 2.52. The van der Waals surface area contributed by atoms with Crippen molar-refractivity contribution >= 4 is 29.3 Å². The molecule has 2 N–H and O–H groups in total. The van der Waals surface area contributed by atoms with Crippen LogP contribution < -0.4 is 5.32 Å². The monoisotopic (exact) mass is 309 g/mol. The molecule has 0 heterocycles. The Morgan fingerprint density at radius 1 is 1.29 bits per heavy atom. The number of thioether (sulfide) groups is 1. The summed E-state index contributed by atoms with van der Waals surface area (Å²) < 4.78 is 0. The van der Waals surface area contributed by atoms with E-state index in [1.807, 2.05) is 24.3 Å². The van der Waals surface area contributed by atoms with E-state index in [4.69, 9.17) is 5.11 Å². The van der Waals surface area contributed by atoms with Gasteiger partial charge in [0.05, 0.1) is 5.75 Å². The number of nitrogens with one attached hydrogen (secondary N) is 1. The second-order valence-electron chi connectivity index (χ2n) is 5.56. The number of carboxylic acid groups (broad SMARTS) is 1. The molecule has 0 aliphatic heterocycles. The van der Waals surface area contributed by atoms with Crippen LogP contribution in [0.15, 0.2) is 24.3 Å². The Morgan fingerprint density at radius 2 is 2.00 bits per heavy atom. The Labute approximate surface area is 130 Å². The molecule has 0 aliphatic carbocycles. The highest BCUT2D eigenvalue weighted by Crippen LogP contribution is 2.18. The highest BCUT2D eigenvalue weighted by Gasteiger charge is 2.12. The van der Waals surface area contributed by atoms with Crippen molar-refractivity contribution in [3.8, 4) is 0 Å². The Bertz CT molecular complexity index is 488. The molecule has 0 radical (unpaired) electrons. The van der Waals surface area contributed by atoms with Gasteiger partial charge < -0.3 is 10.4 Å². The molecule has 1 aromatic carbocycles. The van der Waals surface area contributed by atoms with E-state index in [1.165, 1.54) is 11.8 Å². The summed E-state index contributed by atoms with van der Waals surface area (Å²) in [5.74, 6) is 0.744. The third-order valence-electron chi connectivity index (χ3n) is 3.35. The Hall–Kier alpha value is -1.49. The number of carboxylic acids is 1. The Morgan fingerprint density at radius 3 is 2.62 bits per heavy atom. The van der Waals surface area contributed by atoms with Crippen LogP contribution in [0, 0.1) is 11.8 Å². The molecule has 0 fully saturated rings. The van der Waals surface area contributed by atoms with E-state index in [0.29, 0.717) is 24.0 Å². The van der Waals surface area contributed by atoms with Crippen LogP contribution in [-0.4, -0.2) is 22.7 Å². The molecule has 0 saturated carbocycles. The molecule has 1 aromatic rings. The number of aliphatic carboxylic acids is 1. The summed E-state index contributed by atoms with van der Waals surface area (Å²) in [6.07, 6.45) is 0.510. The summed E-state index contributed by atoms with van der Waals surface area (Å²) in [6, 6.07) is 7.55. The maximum absolute atomic E-state index is 11.9. The molecular formula is C16H23NO3S. The minimum atomic E-state index is -0.813. The van der Waals surface area contributed by atoms with Gasteiger partial charge in [-0.3, -0.25) is 9.59 Å². The summed E-state index contributed by atoms with van der Waals surface area (Å²) in [7, 11) is 0. The van der Waals surface area contributed by atoms with E-state index >= 15 is 0 Å². The summed E-state index contributed by atoms with van der Waals surface area (Å²) in [6.45, 7) is 6.29. The van der Waals surface area contributed by atoms with Gasteiger partial charge in [-0.25, -0.2) is 0 Å². The number of carbonyl (C=O) groups excluding carboxylic acids is 1. The molecule has 1 atom stereocenters. The van der Waals surface area contributed by atoms with Gasteiger partial charge in [0.25, 0.3) is 0 Å². The van der Waals surface area contributed by atoms with Crippen LogP contribution in [-0.2, 0) is 15.3 Å². The lowest BCUT2D eigenvalue weighted by molar-refractivity contribution is -0.133. The van der Waals surface area contributed by atoms with Crippen LogP contribution in [0.25, 0.3) is 0 Å². The number of rotatable bonds is 8. The van der Waals surface area contributed by atoms with Gasteiger partial charge in [0.2, 0.25) is 5.91 Å². The highest BCUT2D eigenvalue weighted by molar-refractivity contribution is 7.99. The fourth-order valence-corrected chi connectivity index (χ4v) is 2.43. The van der Waals surface area contributed by atoms with Crippen molar-refractivity contribution in [2.24, 2.45) is 11.8 Å². The number of carbonyl (C=O) groups is 2. The first-order valence-corrected chi connectivity index (χ1v) is 8.22. The van der Waals surface area contributed by atoms with Gasteiger partial charge in [-0.1, -0.05) is 32.9 Å². The number of hydrogen-bond acceptors (Lipinski definition) is 3. The van der Waals surface area contributed by atoms with Crippen LogP contribution in [0.4, 0.5) is 5.69 Å². The fraction of sp³-hybridized carbons (Fsp3) is 0.500. The average Bonchev–Trinajstić information content (AvgIpc) is 2.38. The van der Waals surface area contributed by atoms with Gasteiger partial charge >= 0.3 is 5.97 Å². The summed E-state index contributed by atoms with van der Waals surface area (Å²) >= 11 is 1.34. The lowest BCUT2D eigenvalue weighted by Crippen LogP contribution is -2.17. The first kappa shape index (κ1) is 17.6. The van der Waals surface area contributed by atoms with E-state index in [9.17, 15) is 9.59 Å². The second kappa shape index (κ2) is 8.72. The maximum Gasteiger partial charge on any atom is 0.313 e. The fourth-order valence-electron chi connectivity index (χ4n) is 1.74. The first-order chi connectivity index (χ1) is 9.88. The van der Waals surface area contributed by atoms with Crippen molar-refractivity contribution in [1.82, 2.24) is 0 Å². The van der Waals surface area contributed by atoms with Crippen molar-refractivity contribution in [3.63, 3.8) is 0 Å². The van der Waals surface area contributed by atoms with Gasteiger partial charge in [-0.15, -0.1) is 11.8 Å². The minimum absolute atomic E-state index is 0.0199. The number of hydrogen-bond donors (Lipinski definition) is 2. The summed E-state index contributed by atoms with van der Waals surface area (Å²) in [5, 5.41) is 11.5. The second-order valence-corrected chi connectivity index (χ2v) is 6.55. The predicted molar refractivity (Wildman–Crippen MR) is 87.5 cm³/mol. The molecule has 0 saturated heterocycles. The summed E-state index contributed by atoms with van der Waals surface area (Å²) in [4.78, 5) is 22.4. The van der Waals surface area contributed by atoms with Crippen LogP contribution in [0.3, 0.4) is 0 Å². The quantitative estimate of drug-likeness (QED) is 0.769. The van der Waals surface area contributed by atoms with Gasteiger partial charge in [0.1, 0.15) is 0 Å². The standard InChI is InChI=1S/C16H23NO3S/c1-11(2)12(3)7-15(18)17-14-6-4-5-13(8-14)9-21-10-16(19)20/h4-6,8,11-12H,7,9-10H2,1-3H3,(H,17,18)(H,19,20). The third-order valence-corrected chi connectivity index (χ3v) is 4.34. The third kappa shape index (κ3) is 7.18. The van der Waals surface area contributed by atoms with E-state index in [1.54, 1.807) is 0 Å². The highest BCUT2D eigenvalue weighted by atomic mass is 32.2. The molecule has 4 nitrogen and oxygen atoms in total. The summed E-state index contributed by atoms with van der Waals surface area (Å²) in [5.41, 5.74) is 1.78. The zero-order valence-corrected chi connectivity index (χ0v) is 13.6. The molecule has 0 bridgehead atoms. The largest absolute Gasteiger partial charge is 0.481 e. The van der Waals surface area contributed by atoms with Crippen molar-refractivity contribution in [2.75, 3.05) is 11.1 Å². The lowest BCUT2D eigenvalue weighted by atomic mass is 9.94. The molecule has 1 amide bonds. The van der Waals surface area contributed by atoms with Crippen LogP contribution in [0.1, 0.15) is 32.8 Å². The van der Waals surface area contributed by atoms with E-state index in [0.717, 1.165) is 11.3 Å². The van der Waals surface area contributed by atoms with Crippen molar-refractivity contribution in [2.45, 2.75) is 32.9 Å². The van der Waals surface area contributed by atoms with Gasteiger partial charge in [0.15, 0.2) is 0 Å². The molecule has 0 aliphatic rings. The van der Waals surface area contributed by atoms with Crippen molar-refractivity contribution < 1.29 is 14.7 Å². The molecular weight excluding hydrogens is 286 g/mol. The van der Waals surface area contributed by atoms with Gasteiger partial charge in [0, 0.05) is 17.9 Å². The molecule has 21 heavy (non-hydrogen) atoms. The van der Waals surface area contributed by atoms with E-state index in [2.05, 4.69) is 26.1 Å². The van der Waals surface area contributed by atoms with Gasteiger partial charge in [-0.2, -0.15) is 0 Å². The molecule has 116 valence electrons. The molecule has 0 spiro atoms. The van der Waals surface area contributed by atoms with E-state index < -0.39 is 5.97 Å². The van der Waals surface area contributed by atoms with Crippen molar-refractivity contribution in [1.29, 1.82) is 0 Å². The first-order valence-electron chi connectivity index (χ1n) is 7.06. The predicted octanol–water partition coefficient (Wildman–Crippen LogP) is 3.63. The normalized spacial score (nSPS) is 12.2. The molecule has 1 rings (SSSR count). The molecule has 5 heteroatoms. The maximum atomic E-state index is 11.9. The average molecular weight is 309 g/mol. The SMILES string of the molecule is CC(C)C(C)CC(=O)Nc1cccc(CSCC(=O)O)c1. The number of benzene rings is 1. The smallest absolute Gasteiger partial charge is 0.313 e. The van der Waals surface area contributed by atoms with Gasteiger partial charge in [-0.05, 0) is 29.5 Å².